The van der Waals surface area contributed by atoms with Crippen molar-refractivity contribution in [3.8, 4) is 5.75 Å². The third-order valence-corrected chi connectivity index (χ3v) is 3.11. The summed E-state index contributed by atoms with van der Waals surface area (Å²) in [7, 11) is 0. The minimum atomic E-state index is -0.857. The van der Waals surface area contributed by atoms with Gasteiger partial charge < -0.3 is 14.7 Å². The van der Waals surface area contributed by atoms with E-state index in [2.05, 4.69) is 0 Å². The van der Waals surface area contributed by atoms with Crippen molar-refractivity contribution in [3.05, 3.63) is 29.8 Å². The van der Waals surface area contributed by atoms with E-state index in [1.54, 1.807) is 18.7 Å². The van der Waals surface area contributed by atoms with E-state index in [4.69, 9.17) is 4.74 Å². The van der Waals surface area contributed by atoms with Crippen LogP contribution in [0.3, 0.4) is 0 Å². The molecule has 0 atom stereocenters. The third kappa shape index (κ3) is 7.14. The number of nitrogens with zero attached hydrogens (tertiary/aromatic N) is 1. The largest absolute Gasteiger partial charge is 0.494 e. The van der Waals surface area contributed by atoms with E-state index in [1.807, 2.05) is 38.1 Å². The summed E-state index contributed by atoms with van der Waals surface area (Å²) in [6.45, 7) is 8.87. The van der Waals surface area contributed by atoms with Gasteiger partial charge in [-0.15, -0.1) is 0 Å². The highest BCUT2D eigenvalue weighted by Crippen LogP contribution is 2.13. The zero-order valence-corrected chi connectivity index (χ0v) is 13.6. The Kier molecular flexibility index (Phi) is 6.69. The number of carbonyl (C=O) groups is 1. The Morgan fingerprint density at radius 3 is 2.67 bits per heavy atom. The summed E-state index contributed by atoms with van der Waals surface area (Å²) in [6, 6.07) is 7.88. The molecule has 4 nitrogen and oxygen atoms in total. The maximum Gasteiger partial charge on any atom is 0.222 e. The van der Waals surface area contributed by atoms with Crippen molar-refractivity contribution in [2.75, 3.05) is 19.7 Å². The number of hydrogen-bond acceptors (Lipinski definition) is 3. The van der Waals surface area contributed by atoms with Crippen LogP contribution in [0.2, 0.25) is 0 Å². The van der Waals surface area contributed by atoms with E-state index in [1.165, 1.54) is 0 Å². The van der Waals surface area contributed by atoms with Crippen LogP contribution < -0.4 is 4.74 Å². The molecular weight excluding hydrogens is 266 g/mol. The Morgan fingerprint density at radius 1 is 1.38 bits per heavy atom. The van der Waals surface area contributed by atoms with Gasteiger partial charge in [0.25, 0.3) is 0 Å². The van der Waals surface area contributed by atoms with E-state index in [0.29, 0.717) is 32.5 Å². The van der Waals surface area contributed by atoms with Crippen LogP contribution in [0, 0.1) is 6.92 Å². The van der Waals surface area contributed by atoms with Gasteiger partial charge in [-0.3, -0.25) is 4.79 Å². The number of amides is 1. The van der Waals surface area contributed by atoms with Gasteiger partial charge in [0.15, 0.2) is 0 Å². The molecule has 21 heavy (non-hydrogen) atoms. The van der Waals surface area contributed by atoms with E-state index in [0.717, 1.165) is 11.3 Å². The van der Waals surface area contributed by atoms with Crippen LogP contribution in [0.1, 0.15) is 39.2 Å². The Labute approximate surface area is 127 Å². The van der Waals surface area contributed by atoms with Crippen molar-refractivity contribution in [1.82, 2.24) is 4.90 Å². The van der Waals surface area contributed by atoms with Crippen molar-refractivity contribution in [2.45, 2.75) is 46.1 Å². The standard InChI is InChI=1S/C17H27NO3/c1-5-18(13-17(3,4)20)16(19)10-7-11-21-15-9-6-8-14(2)12-15/h6,8-9,12,20H,5,7,10-11,13H2,1-4H3. The van der Waals surface area contributed by atoms with Crippen LogP contribution in [-0.2, 0) is 4.79 Å². The van der Waals surface area contributed by atoms with Gasteiger partial charge in [0, 0.05) is 19.5 Å². The molecule has 0 aromatic heterocycles. The number of carbonyl (C=O) groups excluding carboxylic acids is 1. The van der Waals surface area contributed by atoms with Crippen LogP contribution in [0.5, 0.6) is 5.75 Å². The predicted octanol–water partition coefficient (Wildman–Crippen LogP) is 2.77. The van der Waals surface area contributed by atoms with E-state index in [9.17, 15) is 9.90 Å². The molecule has 0 radical (unpaired) electrons. The monoisotopic (exact) mass is 293 g/mol. The molecule has 0 aliphatic rings. The lowest BCUT2D eigenvalue weighted by molar-refractivity contribution is -0.134. The summed E-state index contributed by atoms with van der Waals surface area (Å²) in [6.07, 6.45) is 1.12. The summed E-state index contributed by atoms with van der Waals surface area (Å²) in [5.74, 6) is 0.902. The number of aliphatic hydroxyl groups is 1. The van der Waals surface area contributed by atoms with Gasteiger partial charge in [0.05, 0.1) is 12.2 Å². The highest BCUT2D eigenvalue weighted by molar-refractivity contribution is 5.76. The second-order valence-electron chi connectivity index (χ2n) is 5.99. The molecule has 0 unspecified atom stereocenters. The first-order valence-electron chi connectivity index (χ1n) is 7.51. The summed E-state index contributed by atoms with van der Waals surface area (Å²) in [5, 5.41) is 9.80. The molecule has 0 fully saturated rings. The molecule has 1 aromatic rings. The molecule has 0 heterocycles. The van der Waals surface area contributed by atoms with Gasteiger partial charge in [-0.1, -0.05) is 12.1 Å². The molecule has 1 aromatic carbocycles. The van der Waals surface area contributed by atoms with E-state index < -0.39 is 5.60 Å². The Hall–Kier alpha value is -1.55. The van der Waals surface area contributed by atoms with Crippen LogP contribution in [0.15, 0.2) is 24.3 Å². The molecule has 0 saturated heterocycles. The fourth-order valence-electron chi connectivity index (χ4n) is 2.12. The Morgan fingerprint density at radius 2 is 2.10 bits per heavy atom. The molecule has 1 rings (SSSR count). The highest BCUT2D eigenvalue weighted by atomic mass is 16.5. The quantitative estimate of drug-likeness (QED) is 0.750. The first-order valence-corrected chi connectivity index (χ1v) is 7.51. The molecule has 0 bridgehead atoms. The highest BCUT2D eigenvalue weighted by Gasteiger charge is 2.20. The van der Waals surface area contributed by atoms with E-state index >= 15 is 0 Å². The maximum absolute atomic E-state index is 12.1. The van der Waals surface area contributed by atoms with Crippen LogP contribution in [0.25, 0.3) is 0 Å². The number of ether oxygens (including phenoxy) is 1. The van der Waals surface area contributed by atoms with Crippen molar-refractivity contribution in [2.24, 2.45) is 0 Å². The third-order valence-electron chi connectivity index (χ3n) is 3.11. The molecule has 0 spiro atoms. The molecule has 0 aliphatic heterocycles. The fourth-order valence-corrected chi connectivity index (χ4v) is 2.12. The second-order valence-corrected chi connectivity index (χ2v) is 5.99. The maximum atomic E-state index is 12.1. The lowest BCUT2D eigenvalue weighted by Crippen LogP contribution is -2.42. The lowest BCUT2D eigenvalue weighted by atomic mass is 10.1. The Bertz CT molecular complexity index is 452. The lowest BCUT2D eigenvalue weighted by Gasteiger charge is -2.28. The van der Waals surface area contributed by atoms with Crippen molar-refractivity contribution < 1.29 is 14.6 Å². The first-order chi connectivity index (χ1) is 9.81. The number of rotatable bonds is 8. The summed E-state index contributed by atoms with van der Waals surface area (Å²) in [5.41, 5.74) is 0.301. The minimum Gasteiger partial charge on any atom is -0.494 e. The van der Waals surface area contributed by atoms with Crippen molar-refractivity contribution >= 4 is 5.91 Å². The number of likely N-dealkylation sites (N-methyl/N-ethyl adjacent to an activating group) is 1. The smallest absolute Gasteiger partial charge is 0.222 e. The second kappa shape index (κ2) is 8.03. The van der Waals surface area contributed by atoms with Gasteiger partial charge in [-0.2, -0.15) is 0 Å². The Balaban J connectivity index is 2.32. The van der Waals surface area contributed by atoms with E-state index in [-0.39, 0.29) is 5.91 Å². The molecular formula is C17H27NO3. The van der Waals surface area contributed by atoms with Crippen molar-refractivity contribution in [1.29, 1.82) is 0 Å². The van der Waals surface area contributed by atoms with Gasteiger partial charge in [0.1, 0.15) is 5.75 Å². The average Bonchev–Trinajstić information content (AvgIpc) is 2.40. The molecule has 0 aliphatic carbocycles. The van der Waals surface area contributed by atoms with Gasteiger partial charge >= 0.3 is 0 Å². The van der Waals surface area contributed by atoms with Crippen LogP contribution in [0.4, 0.5) is 0 Å². The van der Waals surface area contributed by atoms with Gasteiger partial charge in [0.2, 0.25) is 5.91 Å². The summed E-state index contributed by atoms with van der Waals surface area (Å²) in [4.78, 5) is 13.8. The molecule has 1 amide bonds. The summed E-state index contributed by atoms with van der Waals surface area (Å²) >= 11 is 0. The number of benzene rings is 1. The zero-order chi connectivity index (χ0) is 15.9. The molecule has 4 heteroatoms. The zero-order valence-electron chi connectivity index (χ0n) is 13.6. The SMILES string of the molecule is CCN(CC(C)(C)O)C(=O)CCCOc1cccc(C)c1. The summed E-state index contributed by atoms with van der Waals surface area (Å²) < 4.78 is 5.63. The fraction of sp³-hybridized carbons (Fsp3) is 0.588. The van der Waals surface area contributed by atoms with Gasteiger partial charge in [-0.25, -0.2) is 0 Å². The first kappa shape index (κ1) is 17.5. The van der Waals surface area contributed by atoms with Crippen LogP contribution >= 0.6 is 0 Å². The van der Waals surface area contributed by atoms with Crippen molar-refractivity contribution in [3.63, 3.8) is 0 Å². The molecule has 1 N–H and O–H groups in total. The normalized spacial score (nSPS) is 11.3. The minimum absolute atomic E-state index is 0.0625. The number of aryl methyl sites for hydroxylation is 1. The topological polar surface area (TPSA) is 49.8 Å². The van der Waals surface area contributed by atoms with Gasteiger partial charge in [-0.05, 0) is 51.8 Å². The predicted molar refractivity (Wildman–Crippen MR) is 84.5 cm³/mol. The molecule has 0 saturated carbocycles. The molecule has 118 valence electrons. The average molecular weight is 293 g/mol. The van der Waals surface area contributed by atoms with Crippen LogP contribution in [-0.4, -0.2) is 41.2 Å². The number of hydrogen-bond donors (Lipinski definition) is 1.